The Hall–Kier alpha value is 0.140. The van der Waals surface area contributed by atoms with Gasteiger partial charge in [0.1, 0.15) is 0 Å². The summed E-state index contributed by atoms with van der Waals surface area (Å²) < 4.78 is 1.43. The molecule has 1 aromatic rings. The van der Waals surface area contributed by atoms with Crippen molar-refractivity contribution in [2.24, 2.45) is 0 Å². The molecule has 0 radical (unpaired) electrons. The topological polar surface area (TPSA) is 17.1 Å². The zero-order chi connectivity index (χ0) is 9.30. The number of ketones is 1. The highest BCUT2D eigenvalue weighted by molar-refractivity contribution is 9.11. The van der Waals surface area contributed by atoms with Gasteiger partial charge in [0.05, 0.1) is 0 Å². The zero-order valence-corrected chi connectivity index (χ0v) is 10.1. The Kier molecular flexibility index (Phi) is 3.32. The van der Waals surface area contributed by atoms with Gasteiger partial charge < -0.3 is 0 Å². The summed E-state index contributed by atoms with van der Waals surface area (Å²) in [6.45, 7) is 1.51. The molecule has 0 aliphatic rings. The lowest BCUT2D eigenvalue weighted by Gasteiger charge is -2.03. The molecule has 0 fully saturated rings. The van der Waals surface area contributed by atoms with E-state index >= 15 is 0 Å². The van der Waals surface area contributed by atoms with Gasteiger partial charge in [0.25, 0.3) is 0 Å². The number of benzene rings is 1. The minimum Gasteiger partial charge on any atom is -0.294 e. The molecule has 0 aliphatic carbocycles. The molecular weight excluding hydrogens is 307 g/mol. The summed E-state index contributed by atoms with van der Waals surface area (Å²) in [6, 6.07) is 3.39. The van der Waals surface area contributed by atoms with E-state index in [0.29, 0.717) is 10.6 Å². The highest BCUT2D eigenvalue weighted by Crippen LogP contribution is 2.29. The Balaban J connectivity index is 3.38. The summed E-state index contributed by atoms with van der Waals surface area (Å²) in [4.78, 5) is 11.1. The molecule has 1 nitrogen and oxygen atoms in total. The van der Waals surface area contributed by atoms with Gasteiger partial charge in [0.15, 0.2) is 5.78 Å². The number of hydrogen-bond donors (Lipinski definition) is 0. The van der Waals surface area contributed by atoms with Crippen LogP contribution in [-0.4, -0.2) is 5.78 Å². The highest BCUT2D eigenvalue weighted by Gasteiger charge is 2.10. The van der Waals surface area contributed by atoms with Crippen LogP contribution < -0.4 is 0 Å². The fourth-order valence-electron chi connectivity index (χ4n) is 0.879. The molecule has 0 bridgehead atoms. The lowest BCUT2D eigenvalue weighted by molar-refractivity contribution is 0.101. The second kappa shape index (κ2) is 3.90. The zero-order valence-electron chi connectivity index (χ0n) is 6.20. The Bertz CT molecular complexity index is 313. The second-order valence-electron chi connectivity index (χ2n) is 2.30. The van der Waals surface area contributed by atoms with E-state index < -0.39 is 0 Å². The highest BCUT2D eigenvalue weighted by atomic mass is 79.9. The standard InChI is InChI=1S/C8H5Br2ClO/c1-4(12)8-6(9)2-5(11)3-7(8)10/h2-3H,1H3. The number of hydrogen-bond acceptors (Lipinski definition) is 1. The molecular formula is C8H5Br2ClO. The monoisotopic (exact) mass is 310 g/mol. The number of carbonyl (C=O) groups is 1. The third-order valence-electron chi connectivity index (χ3n) is 1.36. The average Bonchev–Trinajstić information content (AvgIpc) is 1.82. The third-order valence-corrected chi connectivity index (χ3v) is 2.83. The normalized spacial score (nSPS) is 10.0. The van der Waals surface area contributed by atoms with E-state index in [0.717, 1.165) is 8.95 Å². The van der Waals surface area contributed by atoms with Crippen LogP contribution >= 0.6 is 43.5 Å². The van der Waals surface area contributed by atoms with Crippen LogP contribution in [0.25, 0.3) is 0 Å². The molecule has 1 aromatic carbocycles. The Morgan fingerprint density at radius 3 is 2.08 bits per heavy atom. The van der Waals surface area contributed by atoms with E-state index in [1.807, 2.05) is 0 Å². The van der Waals surface area contributed by atoms with Gasteiger partial charge >= 0.3 is 0 Å². The molecule has 0 aromatic heterocycles. The van der Waals surface area contributed by atoms with E-state index in [1.54, 1.807) is 12.1 Å². The van der Waals surface area contributed by atoms with E-state index in [4.69, 9.17) is 11.6 Å². The van der Waals surface area contributed by atoms with Crippen molar-refractivity contribution in [3.63, 3.8) is 0 Å². The third kappa shape index (κ3) is 2.09. The van der Waals surface area contributed by atoms with E-state index in [-0.39, 0.29) is 5.78 Å². The van der Waals surface area contributed by atoms with Crippen molar-refractivity contribution in [1.29, 1.82) is 0 Å². The predicted octanol–water partition coefficient (Wildman–Crippen LogP) is 4.07. The summed E-state index contributed by atoms with van der Waals surface area (Å²) >= 11 is 12.3. The van der Waals surface area contributed by atoms with Gasteiger partial charge in [-0.2, -0.15) is 0 Å². The summed E-state index contributed by atoms with van der Waals surface area (Å²) in [5, 5.41) is 0.596. The summed E-state index contributed by atoms with van der Waals surface area (Å²) in [5.41, 5.74) is 0.624. The van der Waals surface area contributed by atoms with Gasteiger partial charge in [0, 0.05) is 19.5 Å². The molecule has 0 unspecified atom stereocenters. The Morgan fingerprint density at radius 1 is 1.33 bits per heavy atom. The van der Waals surface area contributed by atoms with Gasteiger partial charge in [-0.1, -0.05) is 11.6 Å². The maximum atomic E-state index is 11.1. The van der Waals surface area contributed by atoms with Crippen LogP contribution in [0, 0.1) is 0 Å². The summed E-state index contributed by atoms with van der Waals surface area (Å²) in [6.07, 6.45) is 0. The van der Waals surface area contributed by atoms with E-state index in [1.165, 1.54) is 6.92 Å². The molecule has 0 atom stereocenters. The lowest BCUT2D eigenvalue weighted by Crippen LogP contribution is -1.95. The van der Waals surface area contributed by atoms with Crippen molar-refractivity contribution in [2.45, 2.75) is 6.92 Å². The van der Waals surface area contributed by atoms with Crippen LogP contribution in [0.15, 0.2) is 21.1 Å². The van der Waals surface area contributed by atoms with Gasteiger partial charge in [-0.3, -0.25) is 4.79 Å². The number of halogens is 3. The first-order valence-corrected chi connectivity index (χ1v) is 5.14. The summed E-state index contributed by atoms with van der Waals surface area (Å²) in [7, 11) is 0. The molecule has 0 saturated heterocycles. The van der Waals surface area contributed by atoms with Crippen molar-refractivity contribution in [2.75, 3.05) is 0 Å². The Morgan fingerprint density at radius 2 is 1.75 bits per heavy atom. The van der Waals surface area contributed by atoms with Crippen LogP contribution in [0.4, 0.5) is 0 Å². The molecule has 0 N–H and O–H groups in total. The van der Waals surface area contributed by atoms with Gasteiger partial charge in [-0.25, -0.2) is 0 Å². The van der Waals surface area contributed by atoms with E-state index in [2.05, 4.69) is 31.9 Å². The van der Waals surface area contributed by atoms with Crippen molar-refractivity contribution >= 4 is 49.2 Å². The van der Waals surface area contributed by atoms with Crippen LogP contribution in [0.3, 0.4) is 0 Å². The molecule has 0 aliphatic heterocycles. The summed E-state index contributed by atoms with van der Waals surface area (Å²) in [5.74, 6) is 0.00502. The minimum atomic E-state index is 0.00502. The van der Waals surface area contributed by atoms with Crippen molar-refractivity contribution in [1.82, 2.24) is 0 Å². The van der Waals surface area contributed by atoms with E-state index in [9.17, 15) is 4.79 Å². The van der Waals surface area contributed by atoms with Gasteiger partial charge in [-0.05, 0) is 50.9 Å². The number of rotatable bonds is 1. The maximum absolute atomic E-state index is 11.1. The lowest BCUT2D eigenvalue weighted by atomic mass is 10.1. The maximum Gasteiger partial charge on any atom is 0.162 e. The quantitative estimate of drug-likeness (QED) is 0.715. The van der Waals surface area contributed by atoms with Gasteiger partial charge in [-0.15, -0.1) is 0 Å². The first-order valence-electron chi connectivity index (χ1n) is 3.18. The predicted molar refractivity (Wildman–Crippen MR) is 56.9 cm³/mol. The number of carbonyl (C=O) groups excluding carboxylic acids is 1. The Labute approximate surface area is 92.4 Å². The largest absolute Gasteiger partial charge is 0.294 e. The molecule has 0 heterocycles. The molecule has 12 heavy (non-hydrogen) atoms. The van der Waals surface area contributed by atoms with Gasteiger partial charge in [0.2, 0.25) is 0 Å². The second-order valence-corrected chi connectivity index (χ2v) is 4.45. The smallest absolute Gasteiger partial charge is 0.162 e. The molecule has 0 saturated carbocycles. The molecule has 0 amide bonds. The van der Waals surface area contributed by atoms with Crippen LogP contribution in [0.1, 0.15) is 17.3 Å². The minimum absolute atomic E-state index is 0.00502. The molecule has 4 heteroatoms. The van der Waals surface area contributed by atoms with Crippen LogP contribution in [-0.2, 0) is 0 Å². The van der Waals surface area contributed by atoms with Crippen LogP contribution in [0.5, 0.6) is 0 Å². The first-order chi connectivity index (χ1) is 5.52. The fraction of sp³-hybridized carbons (Fsp3) is 0.125. The first kappa shape index (κ1) is 10.2. The molecule has 1 rings (SSSR count). The van der Waals surface area contributed by atoms with Crippen molar-refractivity contribution in [3.8, 4) is 0 Å². The van der Waals surface area contributed by atoms with Crippen LogP contribution in [0.2, 0.25) is 5.02 Å². The molecule has 0 spiro atoms. The fourth-order valence-corrected chi connectivity index (χ4v) is 3.11. The van der Waals surface area contributed by atoms with Crippen molar-refractivity contribution in [3.05, 3.63) is 31.7 Å². The average molecular weight is 312 g/mol. The van der Waals surface area contributed by atoms with Crippen molar-refractivity contribution < 1.29 is 4.79 Å². The molecule has 64 valence electrons. The number of Topliss-reactive ketones (excluding diaryl/α,β-unsaturated/α-hetero) is 1. The SMILES string of the molecule is CC(=O)c1c(Br)cc(Cl)cc1Br.